The largest absolute Gasteiger partial charge is 0.352 e. The van der Waals surface area contributed by atoms with E-state index in [1.54, 1.807) is 45.6 Å². The maximum absolute atomic E-state index is 13.7. The summed E-state index contributed by atoms with van der Waals surface area (Å²) in [5.41, 5.74) is 0.371. The normalized spacial score (nSPS) is 14.4. The molecule has 0 bridgehead atoms. The topological polar surface area (TPSA) is 71.8 Å². The van der Waals surface area contributed by atoms with Gasteiger partial charge in [0, 0.05) is 6.20 Å². The number of anilines is 2. The van der Waals surface area contributed by atoms with Crippen LogP contribution in [0, 0.1) is 0 Å². The van der Waals surface area contributed by atoms with Crippen molar-refractivity contribution in [3.05, 3.63) is 97.1 Å². The Kier molecular flexibility index (Phi) is 4.27. The molecule has 0 amide bonds. The van der Waals surface area contributed by atoms with Gasteiger partial charge in [-0.2, -0.15) is 0 Å². The highest BCUT2D eigenvalue weighted by atomic mass is 35.5. The van der Waals surface area contributed by atoms with E-state index in [1.807, 2.05) is 35.0 Å². The van der Waals surface area contributed by atoms with Crippen molar-refractivity contribution in [3.63, 3.8) is 0 Å². The monoisotopic (exact) mass is 439 g/mol. The molecule has 1 aliphatic rings. The second-order valence-corrected chi connectivity index (χ2v) is 8.69. The molecule has 0 saturated heterocycles. The maximum Gasteiger partial charge on any atom is 0.277 e. The molecule has 0 aliphatic carbocycles. The van der Waals surface area contributed by atoms with Gasteiger partial charge in [-0.05, 0) is 35.0 Å². The Morgan fingerprint density at radius 1 is 1.17 bits per heavy atom. The summed E-state index contributed by atoms with van der Waals surface area (Å²) in [7, 11) is 0. The van der Waals surface area contributed by atoms with E-state index in [0.29, 0.717) is 27.9 Å². The molecule has 0 spiro atoms. The summed E-state index contributed by atoms with van der Waals surface area (Å²) in [5.74, 6) is 0.511. The molecule has 144 valence electrons. The van der Waals surface area contributed by atoms with Gasteiger partial charge >= 0.3 is 0 Å². The molecule has 0 unspecified atom stereocenters. The summed E-state index contributed by atoms with van der Waals surface area (Å²) in [6.45, 7) is 4.14. The fourth-order valence-electron chi connectivity index (χ4n) is 3.54. The molecule has 0 aromatic carbocycles. The van der Waals surface area contributed by atoms with Crippen LogP contribution in [-0.4, -0.2) is 14.5 Å². The van der Waals surface area contributed by atoms with Gasteiger partial charge in [-0.15, -0.1) is 22.7 Å². The highest BCUT2D eigenvalue weighted by molar-refractivity contribution is 7.11. The van der Waals surface area contributed by atoms with Crippen LogP contribution in [-0.2, 0) is 5.66 Å². The van der Waals surface area contributed by atoms with E-state index in [1.165, 1.54) is 6.33 Å². The summed E-state index contributed by atoms with van der Waals surface area (Å²) in [6.07, 6.45) is 3.02. The molecule has 4 aromatic rings. The average Bonchev–Trinajstić information content (AvgIpc) is 3.47. The van der Waals surface area contributed by atoms with Crippen LogP contribution < -0.4 is 16.2 Å². The quantitative estimate of drug-likeness (QED) is 0.490. The van der Waals surface area contributed by atoms with Gasteiger partial charge in [-0.1, -0.05) is 30.3 Å². The number of hydrogen-bond acceptors (Lipinski definition) is 7. The Bertz CT molecular complexity index is 1220. The molecule has 0 saturated carbocycles. The molecule has 5 rings (SSSR count). The van der Waals surface area contributed by atoms with Crippen LogP contribution in [0.1, 0.15) is 15.4 Å². The van der Waals surface area contributed by atoms with Crippen molar-refractivity contribution < 1.29 is 0 Å². The second kappa shape index (κ2) is 6.84. The molecular formula is C20H14ClN5OS2. The van der Waals surface area contributed by atoms with Crippen LogP contribution in [0.3, 0.4) is 0 Å². The van der Waals surface area contributed by atoms with E-state index in [-0.39, 0.29) is 5.56 Å². The first-order valence-corrected chi connectivity index (χ1v) is 10.8. The van der Waals surface area contributed by atoms with Crippen molar-refractivity contribution in [2.45, 2.75) is 5.66 Å². The molecule has 9 heteroatoms. The zero-order valence-corrected chi connectivity index (χ0v) is 17.3. The second-order valence-electron chi connectivity index (χ2n) is 6.38. The first-order valence-electron chi connectivity index (χ1n) is 8.66. The van der Waals surface area contributed by atoms with E-state index in [2.05, 4.69) is 27.2 Å². The molecule has 6 nitrogen and oxygen atoms in total. The summed E-state index contributed by atoms with van der Waals surface area (Å²) in [5, 5.41) is 10.9. The number of fused-ring (bicyclic) bond motifs is 1. The van der Waals surface area contributed by atoms with Crippen molar-refractivity contribution in [2.24, 2.45) is 0 Å². The number of nitrogens with one attached hydrogen (secondary N) is 2. The third-order valence-corrected chi connectivity index (χ3v) is 6.95. The molecule has 2 N–H and O–H groups in total. The number of nitrogens with zero attached hydrogens (tertiary/aromatic N) is 3. The van der Waals surface area contributed by atoms with Crippen LogP contribution in [0.4, 0.5) is 11.5 Å². The molecule has 29 heavy (non-hydrogen) atoms. The van der Waals surface area contributed by atoms with Gasteiger partial charge in [-0.3, -0.25) is 9.36 Å². The van der Waals surface area contributed by atoms with Crippen molar-refractivity contribution >= 4 is 51.5 Å². The molecule has 0 atom stereocenters. The van der Waals surface area contributed by atoms with Crippen molar-refractivity contribution in [1.82, 2.24) is 19.9 Å². The minimum Gasteiger partial charge on any atom is -0.352 e. The average molecular weight is 440 g/mol. The fourth-order valence-corrected chi connectivity index (χ4v) is 5.68. The molecule has 0 fully saturated rings. The van der Waals surface area contributed by atoms with Crippen LogP contribution in [0.25, 0.3) is 5.70 Å². The third-order valence-electron chi connectivity index (χ3n) is 4.71. The highest BCUT2D eigenvalue weighted by Gasteiger charge is 2.47. The highest BCUT2D eigenvalue weighted by Crippen LogP contribution is 2.44. The standard InChI is InChI=1S/C20H14ClN5OS2/c1-12-18-13(21)10-14(24-17-6-7-22-11-23-17)19(27)26(18)20(25-12,15-4-2-8-28-15)16-5-3-9-29-16/h2-11,25H,1H2,(H,22,23,24). The number of thiophene rings is 2. The lowest BCUT2D eigenvalue weighted by Gasteiger charge is -2.30. The van der Waals surface area contributed by atoms with Crippen LogP contribution in [0.5, 0.6) is 0 Å². The van der Waals surface area contributed by atoms with E-state index < -0.39 is 5.66 Å². The van der Waals surface area contributed by atoms with Gasteiger partial charge in [0.05, 0.1) is 26.2 Å². The van der Waals surface area contributed by atoms with E-state index in [0.717, 1.165) is 9.75 Å². The number of pyridine rings is 1. The zero-order valence-electron chi connectivity index (χ0n) is 14.9. The Morgan fingerprint density at radius 2 is 1.90 bits per heavy atom. The Morgan fingerprint density at radius 3 is 2.48 bits per heavy atom. The minimum atomic E-state index is -0.904. The SMILES string of the molecule is C=C1NC(c2cccs2)(c2cccs2)n2c1c(Cl)cc(Nc1ccncn1)c2=O. The van der Waals surface area contributed by atoms with Crippen molar-refractivity contribution in [3.8, 4) is 0 Å². The first-order chi connectivity index (χ1) is 14.1. The zero-order chi connectivity index (χ0) is 20.0. The number of hydrogen-bond donors (Lipinski definition) is 2. The molecule has 1 aliphatic heterocycles. The molecule has 0 radical (unpaired) electrons. The van der Waals surface area contributed by atoms with Gasteiger partial charge in [-0.25, -0.2) is 9.97 Å². The third kappa shape index (κ3) is 2.71. The first kappa shape index (κ1) is 18.1. The van der Waals surface area contributed by atoms with Gasteiger partial charge < -0.3 is 10.6 Å². The van der Waals surface area contributed by atoms with Gasteiger partial charge in [0.1, 0.15) is 17.8 Å². The number of rotatable bonds is 4. The van der Waals surface area contributed by atoms with Crippen LogP contribution in [0.15, 0.2) is 71.1 Å². The molecular weight excluding hydrogens is 426 g/mol. The van der Waals surface area contributed by atoms with Gasteiger partial charge in [0.15, 0.2) is 5.66 Å². The van der Waals surface area contributed by atoms with Gasteiger partial charge in [0.2, 0.25) is 0 Å². The minimum absolute atomic E-state index is 0.226. The van der Waals surface area contributed by atoms with Crippen LogP contribution >= 0.6 is 34.3 Å². The van der Waals surface area contributed by atoms with Gasteiger partial charge in [0.25, 0.3) is 5.56 Å². The summed E-state index contributed by atoms with van der Waals surface area (Å²) in [4.78, 5) is 23.7. The number of halogens is 1. The van der Waals surface area contributed by atoms with E-state index in [4.69, 9.17) is 11.6 Å². The summed E-state index contributed by atoms with van der Waals surface area (Å²) in [6, 6.07) is 11.2. The maximum atomic E-state index is 13.7. The lowest BCUT2D eigenvalue weighted by molar-refractivity contribution is 0.427. The molecule has 5 heterocycles. The Balaban J connectivity index is 1.80. The predicted octanol–water partition coefficient (Wildman–Crippen LogP) is 4.48. The lowest BCUT2D eigenvalue weighted by Crippen LogP contribution is -2.47. The Hall–Kier alpha value is -2.94. The summed E-state index contributed by atoms with van der Waals surface area (Å²) >= 11 is 9.76. The van der Waals surface area contributed by atoms with Crippen LogP contribution in [0.2, 0.25) is 5.02 Å². The summed E-state index contributed by atoms with van der Waals surface area (Å²) < 4.78 is 1.69. The molecule has 4 aromatic heterocycles. The van der Waals surface area contributed by atoms with Crippen molar-refractivity contribution in [2.75, 3.05) is 5.32 Å². The number of aromatic nitrogens is 3. The fraction of sp³-hybridized carbons (Fsp3) is 0.0500. The lowest BCUT2D eigenvalue weighted by atomic mass is 10.1. The smallest absolute Gasteiger partial charge is 0.277 e. The van der Waals surface area contributed by atoms with Crippen molar-refractivity contribution in [1.29, 1.82) is 0 Å². The van der Waals surface area contributed by atoms with E-state index in [9.17, 15) is 4.79 Å². The Labute approximate surface area is 179 Å². The predicted molar refractivity (Wildman–Crippen MR) is 118 cm³/mol. The van der Waals surface area contributed by atoms with E-state index >= 15 is 0 Å².